The molecule has 1 aromatic heterocycles. The number of ether oxygens (including phenoxy) is 2. The molecule has 1 N–H and O–H groups in total. The average Bonchev–Trinajstić information content (AvgIpc) is 2.87. The predicted molar refractivity (Wildman–Crippen MR) is 59.3 cm³/mol. The molecule has 2 heterocycles. The zero-order valence-corrected chi connectivity index (χ0v) is 9.24. The molecular formula is C11H9N3O4. The van der Waals surface area contributed by atoms with E-state index in [0.29, 0.717) is 30.4 Å². The number of hydrogen-bond acceptors (Lipinski definition) is 5. The lowest BCUT2D eigenvalue weighted by Crippen LogP contribution is -2.16. The Morgan fingerprint density at radius 3 is 2.83 bits per heavy atom. The van der Waals surface area contributed by atoms with E-state index in [1.165, 1.54) is 10.9 Å². The molecule has 0 saturated carbocycles. The maximum absolute atomic E-state index is 11.0. The van der Waals surface area contributed by atoms with Gasteiger partial charge in [-0.05, 0) is 12.1 Å². The van der Waals surface area contributed by atoms with Gasteiger partial charge < -0.3 is 14.6 Å². The van der Waals surface area contributed by atoms with Crippen LogP contribution in [0.2, 0.25) is 0 Å². The smallest absolute Gasteiger partial charge is 0.356 e. The molecule has 0 bridgehead atoms. The fourth-order valence-electron chi connectivity index (χ4n) is 1.74. The molecule has 1 aromatic carbocycles. The summed E-state index contributed by atoms with van der Waals surface area (Å²) in [6, 6.07) is 5.10. The highest BCUT2D eigenvalue weighted by Crippen LogP contribution is 2.31. The van der Waals surface area contributed by atoms with E-state index in [9.17, 15) is 4.79 Å². The first-order chi connectivity index (χ1) is 8.75. The van der Waals surface area contributed by atoms with Crippen LogP contribution < -0.4 is 9.47 Å². The summed E-state index contributed by atoms with van der Waals surface area (Å²) in [7, 11) is 0. The molecule has 18 heavy (non-hydrogen) atoms. The second-order valence-corrected chi connectivity index (χ2v) is 3.66. The van der Waals surface area contributed by atoms with Crippen molar-refractivity contribution in [1.82, 2.24) is 15.0 Å². The van der Waals surface area contributed by atoms with Crippen LogP contribution in [0.1, 0.15) is 10.5 Å². The second kappa shape index (κ2) is 4.02. The lowest BCUT2D eigenvalue weighted by atomic mass is 10.2. The molecule has 0 aliphatic carbocycles. The summed E-state index contributed by atoms with van der Waals surface area (Å²) in [5.74, 6) is 0.127. The van der Waals surface area contributed by atoms with Crippen LogP contribution in [0.4, 0.5) is 0 Å². The Morgan fingerprint density at radius 1 is 1.28 bits per heavy atom. The zero-order chi connectivity index (χ0) is 12.5. The number of hydrogen-bond donors (Lipinski definition) is 1. The third-order valence-electron chi connectivity index (χ3n) is 2.54. The summed E-state index contributed by atoms with van der Waals surface area (Å²) in [6.45, 7) is 0.982. The Balaban J connectivity index is 2.06. The molecule has 2 aromatic rings. The molecule has 0 unspecified atom stereocenters. The van der Waals surface area contributed by atoms with Crippen molar-refractivity contribution in [2.75, 3.05) is 13.2 Å². The quantitative estimate of drug-likeness (QED) is 0.842. The third-order valence-corrected chi connectivity index (χ3v) is 2.54. The largest absolute Gasteiger partial charge is 0.486 e. The topological polar surface area (TPSA) is 86.5 Å². The Kier molecular flexibility index (Phi) is 2.36. The van der Waals surface area contributed by atoms with E-state index in [0.717, 1.165) is 0 Å². The summed E-state index contributed by atoms with van der Waals surface area (Å²) in [4.78, 5) is 11.0. The molecule has 0 atom stereocenters. The molecule has 7 heteroatoms. The molecule has 0 spiro atoms. The molecule has 1 aliphatic rings. The summed E-state index contributed by atoms with van der Waals surface area (Å²) in [6.07, 6.45) is 1.19. The van der Waals surface area contributed by atoms with E-state index in [2.05, 4.69) is 10.3 Å². The minimum atomic E-state index is -1.09. The SMILES string of the molecule is O=C(O)c1cnnn1-c1ccc2c(c1)OCCO2. The Hall–Kier alpha value is -2.57. The first-order valence-corrected chi connectivity index (χ1v) is 5.30. The Bertz CT molecular complexity index is 608. The molecule has 92 valence electrons. The van der Waals surface area contributed by atoms with Crippen LogP contribution in [0.3, 0.4) is 0 Å². The van der Waals surface area contributed by atoms with Gasteiger partial charge >= 0.3 is 5.97 Å². The molecule has 0 saturated heterocycles. The van der Waals surface area contributed by atoms with Crippen molar-refractivity contribution in [2.45, 2.75) is 0 Å². The van der Waals surface area contributed by atoms with E-state index in [1.54, 1.807) is 18.2 Å². The predicted octanol–water partition coefficient (Wildman–Crippen LogP) is 0.737. The summed E-state index contributed by atoms with van der Waals surface area (Å²) >= 11 is 0. The monoisotopic (exact) mass is 247 g/mol. The summed E-state index contributed by atoms with van der Waals surface area (Å²) < 4.78 is 12.1. The molecule has 0 amide bonds. The molecule has 3 rings (SSSR count). The second-order valence-electron chi connectivity index (χ2n) is 3.66. The Labute approximate surface area is 102 Å². The Morgan fingerprint density at radius 2 is 2.06 bits per heavy atom. The van der Waals surface area contributed by atoms with Crippen LogP contribution in [-0.2, 0) is 0 Å². The van der Waals surface area contributed by atoms with Gasteiger partial charge in [-0.3, -0.25) is 0 Å². The highest BCUT2D eigenvalue weighted by atomic mass is 16.6. The van der Waals surface area contributed by atoms with Gasteiger partial charge in [0.25, 0.3) is 0 Å². The van der Waals surface area contributed by atoms with Gasteiger partial charge in [-0.15, -0.1) is 5.10 Å². The van der Waals surface area contributed by atoms with E-state index >= 15 is 0 Å². The van der Waals surface area contributed by atoms with Crippen LogP contribution in [-0.4, -0.2) is 39.3 Å². The fraction of sp³-hybridized carbons (Fsp3) is 0.182. The first-order valence-electron chi connectivity index (χ1n) is 5.30. The number of aromatic nitrogens is 3. The van der Waals surface area contributed by atoms with E-state index in [1.807, 2.05) is 0 Å². The molecule has 0 fully saturated rings. The minimum Gasteiger partial charge on any atom is -0.486 e. The van der Waals surface area contributed by atoms with Crippen molar-refractivity contribution >= 4 is 5.97 Å². The lowest BCUT2D eigenvalue weighted by molar-refractivity contribution is 0.0687. The van der Waals surface area contributed by atoms with E-state index < -0.39 is 5.97 Å². The van der Waals surface area contributed by atoms with Crippen molar-refractivity contribution < 1.29 is 19.4 Å². The van der Waals surface area contributed by atoms with Crippen molar-refractivity contribution in [2.24, 2.45) is 0 Å². The number of carboxylic acids is 1. The number of benzene rings is 1. The van der Waals surface area contributed by atoms with Gasteiger partial charge in [0.05, 0.1) is 11.9 Å². The minimum absolute atomic E-state index is 0.00771. The number of carbonyl (C=O) groups is 1. The van der Waals surface area contributed by atoms with Crippen LogP contribution in [0.15, 0.2) is 24.4 Å². The van der Waals surface area contributed by atoms with Gasteiger partial charge in [-0.2, -0.15) is 0 Å². The maximum atomic E-state index is 11.0. The van der Waals surface area contributed by atoms with Gasteiger partial charge in [0.1, 0.15) is 13.2 Å². The van der Waals surface area contributed by atoms with Gasteiger partial charge in [0, 0.05) is 6.07 Å². The fourth-order valence-corrected chi connectivity index (χ4v) is 1.74. The summed E-state index contributed by atoms with van der Waals surface area (Å²) in [5.41, 5.74) is 0.556. The van der Waals surface area contributed by atoms with Crippen molar-refractivity contribution in [3.05, 3.63) is 30.1 Å². The normalized spacial score (nSPS) is 13.3. The zero-order valence-electron chi connectivity index (χ0n) is 9.24. The van der Waals surface area contributed by atoms with Crippen LogP contribution >= 0.6 is 0 Å². The lowest BCUT2D eigenvalue weighted by Gasteiger charge is -2.18. The molecule has 7 nitrogen and oxygen atoms in total. The number of aromatic carboxylic acids is 1. The highest BCUT2D eigenvalue weighted by molar-refractivity contribution is 5.85. The number of carboxylic acid groups (broad SMARTS) is 1. The van der Waals surface area contributed by atoms with Crippen molar-refractivity contribution in [3.8, 4) is 17.2 Å². The van der Waals surface area contributed by atoms with Crippen LogP contribution in [0.25, 0.3) is 5.69 Å². The molecule has 0 radical (unpaired) electrons. The third kappa shape index (κ3) is 1.65. The maximum Gasteiger partial charge on any atom is 0.356 e. The van der Waals surface area contributed by atoms with Gasteiger partial charge in [0.15, 0.2) is 17.2 Å². The number of rotatable bonds is 2. The highest BCUT2D eigenvalue weighted by Gasteiger charge is 2.16. The molecule has 1 aliphatic heterocycles. The van der Waals surface area contributed by atoms with E-state index in [-0.39, 0.29) is 5.69 Å². The summed E-state index contributed by atoms with van der Waals surface area (Å²) in [5, 5.41) is 16.3. The van der Waals surface area contributed by atoms with Gasteiger partial charge in [-0.25, -0.2) is 9.48 Å². The van der Waals surface area contributed by atoms with Gasteiger partial charge in [0.2, 0.25) is 0 Å². The van der Waals surface area contributed by atoms with Crippen LogP contribution in [0.5, 0.6) is 11.5 Å². The van der Waals surface area contributed by atoms with Crippen LogP contribution in [0, 0.1) is 0 Å². The molecular weight excluding hydrogens is 238 g/mol. The van der Waals surface area contributed by atoms with E-state index in [4.69, 9.17) is 14.6 Å². The van der Waals surface area contributed by atoms with Crippen molar-refractivity contribution in [3.63, 3.8) is 0 Å². The van der Waals surface area contributed by atoms with Crippen molar-refractivity contribution in [1.29, 1.82) is 0 Å². The number of nitrogens with zero attached hydrogens (tertiary/aromatic N) is 3. The average molecular weight is 247 g/mol. The first kappa shape index (κ1) is 10.6. The number of fused-ring (bicyclic) bond motifs is 1. The van der Waals surface area contributed by atoms with Gasteiger partial charge in [-0.1, -0.05) is 5.21 Å². The standard InChI is InChI=1S/C11H9N3O4/c15-11(16)8-6-12-13-14(8)7-1-2-9-10(5-7)18-4-3-17-9/h1-2,5-6H,3-4H2,(H,15,16).